The first-order valence-electron chi connectivity index (χ1n) is 7.15. The molecule has 0 aromatic heterocycles. The van der Waals surface area contributed by atoms with E-state index in [0.29, 0.717) is 23.5 Å². The van der Waals surface area contributed by atoms with Crippen LogP contribution in [-0.4, -0.2) is 32.3 Å². The SMILES string of the molecule is COCCOC(=O)c1ccc(OC(=O)c2cccc(C)c2)cc1. The molecule has 0 fully saturated rings. The van der Waals surface area contributed by atoms with Gasteiger partial charge in [-0.3, -0.25) is 0 Å². The molecule has 0 aliphatic rings. The van der Waals surface area contributed by atoms with Crippen LogP contribution >= 0.6 is 0 Å². The van der Waals surface area contributed by atoms with Gasteiger partial charge in [0.15, 0.2) is 0 Å². The molecule has 0 saturated carbocycles. The van der Waals surface area contributed by atoms with Crippen molar-refractivity contribution in [2.24, 2.45) is 0 Å². The molecule has 0 N–H and O–H groups in total. The van der Waals surface area contributed by atoms with Crippen LogP contribution < -0.4 is 4.74 Å². The van der Waals surface area contributed by atoms with E-state index in [-0.39, 0.29) is 6.61 Å². The van der Waals surface area contributed by atoms with E-state index in [0.717, 1.165) is 5.56 Å². The van der Waals surface area contributed by atoms with E-state index in [1.807, 2.05) is 13.0 Å². The number of aryl methyl sites for hydroxylation is 1. The van der Waals surface area contributed by atoms with E-state index in [1.54, 1.807) is 42.5 Å². The first-order chi connectivity index (χ1) is 11.1. The number of rotatable bonds is 6. The van der Waals surface area contributed by atoms with Crippen LogP contribution in [0.3, 0.4) is 0 Å². The average molecular weight is 314 g/mol. The minimum absolute atomic E-state index is 0.194. The quantitative estimate of drug-likeness (QED) is 0.466. The van der Waals surface area contributed by atoms with E-state index >= 15 is 0 Å². The highest BCUT2D eigenvalue weighted by Gasteiger charge is 2.10. The van der Waals surface area contributed by atoms with Gasteiger partial charge in [-0.25, -0.2) is 9.59 Å². The number of ether oxygens (including phenoxy) is 3. The summed E-state index contributed by atoms with van der Waals surface area (Å²) in [6.07, 6.45) is 0. The summed E-state index contributed by atoms with van der Waals surface area (Å²) in [5, 5.41) is 0. The zero-order valence-corrected chi connectivity index (χ0v) is 13.1. The standard InChI is InChI=1S/C18H18O5/c1-13-4-3-5-15(12-13)18(20)23-16-8-6-14(7-9-16)17(19)22-11-10-21-2/h3-9,12H,10-11H2,1-2H3. The van der Waals surface area contributed by atoms with E-state index in [4.69, 9.17) is 14.2 Å². The van der Waals surface area contributed by atoms with Crippen LogP contribution in [0.25, 0.3) is 0 Å². The Morgan fingerprint density at radius 1 is 0.913 bits per heavy atom. The molecule has 5 nitrogen and oxygen atoms in total. The van der Waals surface area contributed by atoms with Crippen molar-refractivity contribution in [2.75, 3.05) is 20.3 Å². The second kappa shape index (κ2) is 8.10. The third-order valence-corrected chi connectivity index (χ3v) is 3.07. The summed E-state index contributed by atoms with van der Waals surface area (Å²) >= 11 is 0. The topological polar surface area (TPSA) is 61.8 Å². The van der Waals surface area contributed by atoms with Crippen LogP contribution in [0.15, 0.2) is 48.5 Å². The Morgan fingerprint density at radius 2 is 1.65 bits per heavy atom. The Balaban J connectivity index is 1.97. The van der Waals surface area contributed by atoms with Crippen LogP contribution in [-0.2, 0) is 9.47 Å². The molecule has 2 aromatic rings. The van der Waals surface area contributed by atoms with Crippen molar-refractivity contribution < 1.29 is 23.8 Å². The lowest BCUT2D eigenvalue weighted by Gasteiger charge is -2.07. The van der Waals surface area contributed by atoms with Gasteiger partial charge >= 0.3 is 11.9 Å². The summed E-state index contributed by atoms with van der Waals surface area (Å²) in [6.45, 7) is 2.44. The Bertz CT molecular complexity index is 676. The number of carbonyl (C=O) groups is 2. The van der Waals surface area contributed by atoms with Gasteiger partial charge in [-0.05, 0) is 43.3 Å². The third-order valence-electron chi connectivity index (χ3n) is 3.07. The number of hydrogen-bond donors (Lipinski definition) is 0. The van der Waals surface area contributed by atoms with Crippen molar-refractivity contribution in [3.63, 3.8) is 0 Å². The fourth-order valence-electron chi connectivity index (χ4n) is 1.90. The highest BCUT2D eigenvalue weighted by molar-refractivity contribution is 5.92. The van der Waals surface area contributed by atoms with Gasteiger partial charge in [0.1, 0.15) is 12.4 Å². The van der Waals surface area contributed by atoms with Crippen LogP contribution in [0.2, 0.25) is 0 Å². The van der Waals surface area contributed by atoms with E-state index < -0.39 is 11.9 Å². The summed E-state index contributed by atoms with van der Waals surface area (Å²) in [6, 6.07) is 13.4. The van der Waals surface area contributed by atoms with Crippen LogP contribution in [0.5, 0.6) is 5.75 Å². The number of esters is 2. The maximum absolute atomic E-state index is 12.0. The fraction of sp³-hybridized carbons (Fsp3) is 0.222. The minimum Gasteiger partial charge on any atom is -0.460 e. The molecule has 0 bridgehead atoms. The van der Waals surface area contributed by atoms with Crippen molar-refractivity contribution in [1.82, 2.24) is 0 Å². The zero-order valence-electron chi connectivity index (χ0n) is 13.1. The van der Waals surface area contributed by atoms with E-state index in [9.17, 15) is 9.59 Å². The first-order valence-corrected chi connectivity index (χ1v) is 7.15. The van der Waals surface area contributed by atoms with Gasteiger partial charge in [0, 0.05) is 7.11 Å². The van der Waals surface area contributed by atoms with E-state index in [2.05, 4.69) is 0 Å². The monoisotopic (exact) mass is 314 g/mol. The zero-order chi connectivity index (χ0) is 16.7. The maximum atomic E-state index is 12.0. The lowest BCUT2D eigenvalue weighted by atomic mass is 10.1. The van der Waals surface area contributed by atoms with Crippen molar-refractivity contribution >= 4 is 11.9 Å². The molecule has 120 valence electrons. The molecule has 0 saturated heterocycles. The molecule has 0 aliphatic heterocycles. The molecule has 0 heterocycles. The molecular weight excluding hydrogens is 296 g/mol. The van der Waals surface area contributed by atoms with Gasteiger partial charge in [0.2, 0.25) is 0 Å². The highest BCUT2D eigenvalue weighted by atomic mass is 16.6. The van der Waals surface area contributed by atoms with Crippen molar-refractivity contribution in [3.8, 4) is 5.75 Å². The molecule has 0 radical (unpaired) electrons. The van der Waals surface area contributed by atoms with Crippen molar-refractivity contribution in [1.29, 1.82) is 0 Å². The molecule has 0 amide bonds. The van der Waals surface area contributed by atoms with Gasteiger partial charge in [0.05, 0.1) is 17.7 Å². The Morgan fingerprint density at radius 3 is 2.30 bits per heavy atom. The van der Waals surface area contributed by atoms with Gasteiger partial charge in [0.25, 0.3) is 0 Å². The van der Waals surface area contributed by atoms with Gasteiger partial charge in [-0.1, -0.05) is 17.7 Å². The highest BCUT2D eigenvalue weighted by Crippen LogP contribution is 2.15. The minimum atomic E-state index is -0.446. The van der Waals surface area contributed by atoms with E-state index in [1.165, 1.54) is 7.11 Å². The molecular formula is C18H18O5. The molecule has 0 aliphatic carbocycles. The summed E-state index contributed by atoms with van der Waals surface area (Å²) < 4.78 is 15.1. The summed E-state index contributed by atoms with van der Waals surface area (Å²) in [7, 11) is 1.53. The molecule has 23 heavy (non-hydrogen) atoms. The third kappa shape index (κ3) is 4.93. The predicted molar refractivity (Wildman–Crippen MR) is 84.7 cm³/mol. The molecule has 2 rings (SSSR count). The molecule has 5 heteroatoms. The van der Waals surface area contributed by atoms with Crippen molar-refractivity contribution in [2.45, 2.75) is 6.92 Å². The summed E-state index contributed by atoms with van der Waals surface area (Å²) in [5.41, 5.74) is 1.85. The predicted octanol–water partition coefficient (Wildman–Crippen LogP) is 3.02. The number of hydrogen-bond acceptors (Lipinski definition) is 5. The Hall–Kier alpha value is -2.66. The lowest BCUT2D eigenvalue weighted by molar-refractivity contribution is 0.0388. The van der Waals surface area contributed by atoms with Gasteiger partial charge < -0.3 is 14.2 Å². The molecule has 2 aromatic carbocycles. The lowest BCUT2D eigenvalue weighted by Crippen LogP contribution is -2.11. The number of benzene rings is 2. The van der Waals surface area contributed by atoms with Gasteiger partial charge in [-0.2, -0.15) is 0 Å². The Labute approximate surface area is 134 Å². The molecule has 0 atom stereocenters. The Kier molecular flexibility index (Phi) is 5.88. The van der Waals surface area contributed by atoms with Crippen LogP contribution in [0, 0.1) is 6.92 Å². The number of methoxy groups -OCH3 is 1. The second-order valence-electron chi connectivity index (χ2n) is 4.91. The fourth-order valence-corrected chi connectivity index (χ4v) is 1.90. The molecule has 0 spiro atoms. The summed E-state index contributed by atoms with van der Waals surface area (Å²) in [5.74, 6) is -0.521. The largest absolute Gasteiger partial charge is 0.460 e. The first kappa shape index (κ1) is 16.7. The smallest absolute Gasteiger partial charge is 0.343 e. The van der Waals surface area contributed by atoms with Gasteiger partial charge in [-0.15, -0.1) is 0 Å². The van der Waals surface area contributed by atoms with Crippen LogP contribution in [0.1, 0.15) is 26.3 Å². The maximum Gasteiger partial charge on any atom is 0.343 e. The second-order valence-corrected chi connectivity index (χ2v) is 4.91. The molecule has 0 unspecified atom stereocenters. The average Bonchev–Trinajstić information content (AvgIpc) is 2.55. The van der Waals surface area contributed by atoms with Crippen molar-refractivity contribution in [3.05, 3.63) is 65.2 Å². The van der Waals surface area contributed by atoms with Crippen LogP contribution in [0.4, 0.5) is 0 Å². The number of carbonyl (C=O) groups excluding carboxylic acids is 2. The summed E-state index contributed by atoms with van der Waals surface area (Å²) in [4.78, 5) is 23.8. The normalized spacial score (nSPS) is 10.2.